The van der Waals surface area contributed by atoms with Gasteiger partial charge in [0.25, 0.3) is 0 Å². The molecule has 1 saturated heterocycles. The zero-order valence-electron chi connectivity index (χ0n) is 16.5. The van der Waals surface area contributed by atoms with Crippen molar-refractivity contribution in [2.45, 2.75) is 51.6 Å². The lowest BCUT2D eigenvalue weighted by atomic mass is 10.0. The van der Waals surface area contributed by atoms with E-state index in [2.05, 4.69) is 15.0 Å². The molecule has 2 aromatic rings. The summed E-state index contributed by atoms with van der Waals surface area (Å²) in [4.78, 5) is 31.1. The first-order valence-corrected chi connectivity index (χ1v) is 10.4. The molecule has 0 spiro atoms. The van der Waals surface area contributed by atoms with Gasteiger partial charge in [0.1, 0.15) is 11.8 Å². The third kappa shape index (κ3) is 5.39. The van der Waals surface area contributed by atoms with Gasteiger partial charge in [-0.15, -0.1) is 13.2 Å². The van der Waals surface area contributed by atoms with Gasteiger partial charge < -0.3 is 20.7 Å². The third-order valence-electron chi connectivity index (χ3n) is 4.70. The van der Waals surface area contributed by atoms with Crippen LogP contribution >= 0.6 is 11.3 Å². The number of rotatable bonds is 6. The number of benzene rings is 1. The molecule has 1 unspecified atom stereocenters. The lowest BCUT2D eigenvalue weighted by molar-refractivity contribution is -0.274. The molecule has 1 aliphatic heterocycles. The lowest BCUT2D eigenvalue weighted by Crippen LogP contribution is -2.50. The molecule has 2 atom stereocenters. The van der Waals surface area contributed by atoms with Crippen molar-refractivity contribution in [3.63, 3.8) is 0 Å². The van der Waals surface area contributed by atoms with Crippen LogP contribution in [0.1, 0.15) is 33.1 Å². The van der Waals surface area contributed by atoms with E-state index in [1.165, 1.54) is 17.0 Å². The van der Waals surface area contributed by atoms with Crippen LogP contribution in [0.4, 0.5) is 18.3 Å². The number of nitrogens with two attached hydrogens (primary N) is 1. The Bertz CT molecular complexity index is 931. The number of anilines is 1. The highest BCUT2D eigenvalue weighted by Crippen LogP contribution is 2.32. The molecule has 1 aromatic carbocycles. The topological polar surface area (TPSA) is 97.6 Å². The van der Waals surface area contributed by atoms with E-state index in [0.717, 1.165) is 17.4 Å². The van der Waals surface area contributed by atoms with Crippen LogP contribution in [0.15, 0.2) is 18.2 Å². The predicted molar refractivity (Wildman–Crippen MR) is 107 cm³/mol. The first-order chi connectivity index (χ1) is 14.0. The average Bonchev–Trinajstić information content (AvgIpc) is 3.25. The van der Waals surface area contributed by atoms with Gasteiger partial charge in [-0.2, -0.15) is 0 Å². The van der Waals surface area contributed by atoms with E-state index in [1.54, 1.807) is 0 Å². The summed E-state index contributed by atoms with van der Waals surface area (Å²) in [6.07, 6.45) is -3.05. The van der Waals surface area contributed by atoms with Crippen molar-refractivity contribution in [2.24, 2.45) is 11.7 Å². The van der Waals surface area contributed by atoms with Crippen molar-refractivity contribution in [1.82, 2.24) is 9.88 Å². The molecule has 0 radical (unpaired) electrons. The van der Waals surface area contributed by atoms with Gasteiger partial charge >= 0.3 is 6.36 Å². The molecule has 164 valence electrons. The third-order valence-corrected chi connectivity index (χ3v) is 5.64. The molecule has 0 aliphatic carbocycles. The van der Waals surface area contributed by atoms with Gasteiger partial charge in [-0.25, -0.2) is 4.98 Å². The Labute approximate surface area is 175 Å². The standard InChI is InChI=1S/C19H23F3N4O3S/c1-10(2)8-12(23)17(28)26-7-3-4-14(26)16(27)25-18-24-13-6-5-11(9-15(13)30-18)29-19(20,21)22/h5-6,9-10,12,14H,3-4,7-8,23H2,1-2H3,(H,24,25,27)/t12?,14-/m0/s1. The number of hydrogen-bond acceptors (Lipinski definition) is 6. The highest BCUT2D eigenvalue weighted by molar-refractivity contribution is 7.22. The number of thiazole rings is 1. The number of amides is 2. The van der Waals surface area contributed by atoms with Crippen molar-refractivity contribution in [1.29, 1.82) is 0 Å². The van der Waals surface area contributed by atoms with Crippen LogP contribution < -0.4 is 15.8 Å². The first-order valence-electron chi connectivity index (χ1n) is 9.57. The average molecular weight is 444 g/mol. The summed E-state index contributed by atoms with van der Waals surface area (Å²) in [5, 5.41) is 2.92. The SMILES string of the molecule is CC(C)CC(N)C(=O)N1CCC[C@H]1C(=O)Nc1nc2ccc(OC(F)(F)F)cc2s1. The Kier molecular flexibility index (Phi) is 6.51. The molecule has 11 heteroatoms. The first kappa shape index (κ1) is 22.3. The smallest absolute Gasteiger partial charge is 0.406 e. The van der Waals surface area contributed by atoms with Crippen LogP contribution in [0.25, 0.3) is 10.2 Å². The van der Waals surface area contributed by atoms with E-state index in [1.807, 2.05) is 13.8 Å². The molecule has 1 aromatic heterocycles. The molecule has 2 heterocycles. The van der Waals surface area contributed by atoms with E-state index < -0.39 is 18.4 Å². The highest BCUT2D eigenvalue weighted by Gasteiger charge is 2.36. The van der Waals surface area contributed by atoms with Gasteiger partial charge in [0.2, 0.25) is 11.8 Å². The van der Waals surface area contributed by atoms with Gasteiger partial charge in [-0.05, 0) is 37.3 Å². The Morgan fingerprint density at radius 2 is 2.13 bits per heavy atom. The van der Waals surface area contributed by atoms with Crippen molar-refractivity contribution in [3.05, 3.63) is 18.2 Å². The monoisotopic (exact) mass is 444 g/mol. The van der Waals surface area contributed by atoms with Gasteiger partial charge in [-0.3, -0.25) is 9.59 Å². The van der Waals surface area contributed by atoms with Gasteiger partial charge in [-0.1, -0.05) is 25.2 Å². The number of halogens is 3. The number of hydrogen-bond donors (Lipinski definition) is 2. The molecule has 3 rings (SSSR count). The number of alkyl halides is 3. The zero-order chi connectivity index (χ0) is 22.1. The summed E-state index contributed by atoms with van der Waals surface area (Å²) in [5.74, 6) is -0.737. The largest absolute Gasteiger partial charge is 0.573 e. The van der Waals surface area contributed by atoms with Gasteiger partial charge in [0.15, 0.2) is 5.13 Å². The van der Waals surface area contributed by atoms with Crippen molar-refractivity contribution >= 4 is 38.5 Å². The summed E-state index contributed by atoms with van der Waals surface area (Å²) in [6.45, 7) is 4.40. The second-order valence-corrected chi connectivity index (χ2v) is 8.64. The molecular weight excluding hydrogens is 421 g/mol. The number of nitrogens with zero attached hydrogens (tertiary/aromatic N) is 2. The fourth-order valence-corrected chi connectivity index (χ4v) is 4.37. The van der Waals surface area contributed by atoms with E-state index >= 15 is 0 Å². The van der Waals surface area contributed by atoms with Crippen LogP contribution in [0.3, 0.4) is 0 Å². The number of nitrogens with one attached hydrogen (secondary N) is 1. The second-order valence-electron chi connectivity index (χ2n) is 7.61. The highest BCUT2D eigenvalue weighted by atomic mass is 32.1. The molecule has 30 heavy (non-hydrogen) atoms. The molecule has 7 nitrogen and oxygen atoms in total. The summed E-state index contributed by atoms with van der Waals surface area (Å²) in [7, 11) is 0. The zero-order valence-corrected chi connectivity index (χ0v) is 17.3. The minimum atomic E-state index is -4.79. The quantitative estimate of drug-likeness (QED) is 0.711. The summed E-state index contributed by atoms with van der Waals surface area (Å²) < 4.78 is 41.5. The summed E-state index contributed by atoms with van der Waals surface area (Å²) in [5.41, 5.74) is 6.43. The maximum absolute atomic E-state index is 12.8. The van der Waals surface area contributed by atoms with E-state index in [0.29, 0.717) is 36.0 Å². The number of carbonyl (C=O) groups excluding carboxylic acids is 2. The molecule has 2 amide bonds. The molecule has 1 fully saturated rings. The summed E-state index contributed by atoms with van der Waals surface area (Å²) in [6, 6.07) is 2.46. The fraction of sp³-hybridized carbons (Fsp3) is 0.526. The number of ether oxygens (including phenoxy) is 1. The maximum Gasteiger partial charge on any atom is 0.573 e. The fourth-order valence-electron chi connectivity index (χ4n) is 3.47. The molecule has 1 aliphatic rings. The Morgan fingerprint density at radius 3 is 2.80 bits per heavy atom. The minimum absolute atomic E-state index is 0.241. The van der Waals surface area contributed by atoms with Crippen LogP contribution in [0.5, 0.6) is 5.75 Å². The van der Waals surface area contributed by atoms with E-state index in [9.17, 15) is 22.8 Å². The van der Waals surface area contributed by atoms with Gasteiger partial charge in [0.05, 0.1) is 16.3 Å². The van der Waals surface area contributed by atoms with Crippen LogP contribution in [0.2, 0.25) is 0 Å². The Hall–Kier alpha value is -2.40. The number of likely N-dealkylation sites (tertiary alicyclic amines) is 1. The van der Waals surface area contributed by atoms with E-state index in [4.69, 9.17) is 5.73 Å². The van der Waals surface area contributed by atoms with Crippen LogP contribution in [-0.2, 0) is 9.59 Å². The molecule has 3 N–H and O–H groups in total. The van der Waals surface area contributed by atoms with Crippen molar-refractivity contribution in [2.75, 3.05) is 11.9 Å². The van der Waals surface area contributed by atoms with Crippen molar-refractivity contribution < 1.29 is 27.5 Å². The predicted octanol–water partition coefficient (Wildman–Crippen LogP) is 3.50. The normalized spacial score (nSPS) is 18.1. The van der Waals surface area contributed by atoms with Crippen LogP contribution in [0, 0.1) is 5.92 Å². The molecular formula is C19H23F3N4O3S. The van der Waals surface area contributed by atoms with E-state index in [-0.39, 0.29) is 28.6 Å². The van der Waals surface area contributed by atoms with Gasteiger partial charge in [0, 0.05) is 12.6 Å². The Morgan fingerprint density at radius 1 is 1.40 bits per heavy atom. The lowest BCUT2D eigenvalue weighted by Gasteiger charge is -2.27. The number of fused-ring (bicyclic) bond motifs is 1. The maximum atomic E-state index is 12.8. The van der Waals surface area contributed by atoms with Crippen molar-refractivity contribution in [3.8, 4) is 5.75 Å². The Balaban J connectivity index is 1.70. The van der Waals surface area contributed by atoms with Crippen LogP contribution in [-0.4, -0.2) is 46.7 Å². The molecule has 0 bridgehead atoms. The number of aromatic nitrogens is 1. The summed E-state index contributed by atoms with van der Waals surface area (Å²) >= 11 is 1.03. The molecule has 0 saturated carbocycles. The minimum Gasteiger partial charge on any atom is -0.406 e. The second kappa shape index (κ2) is 8.76. The number of carbonyl (C=O) groups is 2.